The minimum Gasteiger partial charge on any atom is -0.507 e. The zero-order valence-electron chi connectivity index (χ0n) is 17.5. The van der Waals surface area contributed by atoms with E-state index in [4.69, 9.17) is 18.9 Å². The van der Waals surface area contributed by atoms with Crippen molar-refractivity contribution in [1.82, 2.24) is 0 Å². The van der Waals surface area contributed by atoms with Crippen molar-refractivity contribution in [2.75, 3.05) is 13.7 Å². The Labute approximate surface area is 188 Å². The molecule has 0 aliphatic carbocycles. The lowest BCUT2D eigenvalue weighted by Gasteiger charge is -2.39. The molecule has 0 spiro atoms. The van der Waals surface area contributed by atoms with Gasteiger partial charge in [-0.15, -0.1) is 0 Å². The van der Waals surface area contributed by atoms with Crippen LogP contribution in [0.25, 0.3) is 0 Å². The van der Waals surface area contributed by atoms with Gasteiger partial charge in [0.25, 0.3) is 0 Å². The van der Waals surface area contributed by atoms with E-state index >= 15 is 0 Å². The molecule has 6 atom stereocenters. The van der Waals surface area contributed by atoms with E-state index in [2.05, 4.69) is 0 Å². The van der Waals surface area contributed by atoms with E-state index in [1.54, 1.807) is 6.07 Å². The zero-order chi connectivity index (χ0) is 23.9. The van der Waals surface area contributed by atoms with Crippen LogP contribution in [0, 0.1) is 0 Å². The number of benzene rings is 2. The Morgan fingerprint density at radius 1 is 1.03 bits per heavy atom. The summed E-state index contributed by atoms with van der Waals surface area (Å²) in [5.41, 5.74) is 0.456. The van der Waals surface area contributed by atoms with Gasteiger partial charge in [-0.3, -0.25) is 4.79 Å². The first-order valence-corrected chi connectivity index (χ1v) is 10.1. The fourth-order valence-electron chi connectivity index (χ4n) is 3.87. The van der Waals surface area contributed by atoms with Crippen molar-refractivity contribution in [3.8, 4) is 28.7 Å². The quantitative estimate of drug-likeness (QED) is 0.351. The van der Waals surface area contributed by atoms with Crippen LogP contribution in [0.3, 0.4) is 0 Å². The molecule has 1 saturated heterocycles. The number of hydrogen-bond donors (Lipinski definition) is 6. The summed E-state index contributed by atoms with van der Waals surface area (Å²) < 4.78 is 21.7. The molecule has 2 heterocycles. The van der Waals surface area contributed by atoms with Crippen molar-refractivity contribution in [1.29, 1.82) is 0 Å². The van der Waals surface area contributed by atoms with E-state index in [1.807, 2.05) is 0 Å². The van der Waals surface area contributed by atoms with Crippen LogP contribution < -0.4 is 14.2 Å². The van der Waals surface area contributed by atoms with Gasteiger partial charge in [0.1, 0.15) is 53.3 Å². The third-order valence-electron chi connectivity index (χ3n) is 5.65. The number of carbonyl (C=O) groups is 1. The fourth-order valence-corrected chi connectivity index (χ4v) is 3.87. The molecule has 2 aliphatic rings. The Hall–Kier alpha value is -3.09. The van der Waals surface area contributed by atoms with Gasteiger partial charge in [-0.25, -0.2) is 0 Å². The second kappa shape index (κ2) is 9.04. The summed E-state index contributed by atoms with van der Waals surface area (Å²) in [5, 5.41) is 59.7. The predicted octanol–water partition coefficient (Wildman–Crippen LogP) is -0.00840. The van der Waals surface area contributed by atoms with Crippen molar-refractivity contribution in [3.05, 3.63) is 41.5 Å². The van der Waals surface area contributed by atoms with Crippen LogP contribution in [0.5, 0.6) is 28.7 Å². The van der Waals surface area contributed by atoms with Gasteiger partial charge >= 0.3 is 0 Å². The minimum absolute atomic E-state index is 0.00569. The van der Waals surface area contributed by atoms with E-state index in [0.717, 1.165) is 6.07 Å². The summed E-state index contributed by atoms with van der Waals surface area (Å²) in [6.45, 7) is -0.631. The van der Waals surface area contributed by atoms with Crippen LogP contribution in [-0.2, 0) is 4.74 Å². The molecule has 2 aromatic rings. The predicted molar refractivity (Wildman–Crippen MR) is 109 cm³/mol. The van der Waals surface area contributed by atoms with Crippen LogP contribution in [-0.4, -0.2) is 80.8 Å². The molecule has 1 fully saturated rings. The lowest BCUT2D eigenvalue weighted by molar-refractivity contribution is -0.277. The van der Waals surface area contributed by atoms with Crippen molar-refractivity contribution in [2.24, 2.45) is 0 Å². The van der Waals surface area contributed by atoms with Crippen molar-refractivity contribution in [2.45, 2.75) is 43.2 Å². The summed E-state index contributed by atoms with van der Waals surface area (Å²) in [5.74, 6) is -0.733. The molecular weight excluding hydrogens is 440 g/mol. The van der Waals surface area contributed by atoms with Crippen LogP contribution in [0.15, 0.2) is 30.3 Å². The van der Waals surface area contributed by atoms with Gasteiger partial charge in [0.05, 0.1) is 20.1 Å². The average Bonchev–Trinajstić information content (AvgIpc) is 2.78. The van der Waals surface area contributed by atoms with Crippen LogP contribution in [0.4, 0.5) is 0 Å². The number of phenols is 2. The Kier molecular flexibility index (Phi) is 6.32. The van der Waals surface area contributed by atoms with Crippen molar-refractivity contribution in [3.63, 3.8) is 0 Å². The van der Waals surface area contributed by atoms with Crippen molar-refractivity contribution < 1.29 is 54.4 Å². The second-order valence-electron chi connectivity index (χ2n) is 7.80. The molecule has 2 aliphatic heterocycles. The van der Waals surface area contributed by atoms with Crippen LogP contribution in [0.1, 0.15) is 28.4 Å². The van der Waals surface area contributed by atoms with E-state index in [1.165, 1.54) is 25.3 Å². The Morgan fingerprint density at radius 2 is 1.79 bits per heavy atom. The molecule has 0 bridgehead atoms. The molecule has 2 aromatic carbocycles. The highest BCUT2D eigenvalue weighted by Crippen LogP contribution is 2.43. The first kappa shape index (κ1) is 23.1. The molecule has 0 aromatic heterocycles. The van der Waals surface area contributed by atoms with Gasteiger partial charge in [-0.2, -0.15) is 0 Å². The molecule has 4 rings (SSSR count). The molecule has 6 N–H and O–H groups in total. The average molecular weight is 464 g/mol. The number of aliphatic hydroxyl groups is 4. The van der Waals surface area contributed by atoms with Crippen LogP contribution in [0.2, 0.25) is 0 Å². The number of rotatable bonds is 5. The van der Waals surface area contributed by atoms with E-state index < -0.39 is 54.9 Å². The highest BCUT2D eigenvalue weighted by atomic mass is 16.7. The van der Waals surface area contributed by atoms with E-state index in [-0.39, 0.29) is 35.0 Å². The van der Waals surface area contributed by atoms with Gasteiger partial charge < -0.3 is 49.6 Å². The SMILES string of the molecule is COc1ccc(C2CC(=O)c3c(O)cc(OC4OC(CO)C(O)C(O)C4O)cc3O2)cc1O. The maximum absolute atomic E-state index is 12.7. The first-order valence-electron chi connectivity index (χ1n) is 10.1. The Balaban J connectivity index is 1.60. The Morgan fingerprint density at radius 3 is 2.45 bits per heavy atom. The third-order valence-corrected chi connectivity index (χ3v) is 5.65. The van der Waals surface area contributed by atoms with Gasteiger partial charge in [0, 0.05) is 12.1 Å². The molecule has 11 nitrogen and oxygen atoms in total. The molecule has 178 valence electrons. The van der Waals surface area contributed by atoms with E-state index in [9.17, 15) is 35.4 Å². The highest BCUT2D eigenvalue weighted by Gasteiger charge is 2.45. The number of hydrogen-bond acceptors (Lipinski definition) is 11. The maximum Gasteiger partial charge on any atom is 0.229 e. The van der Waals surface area contributed by atoms with Gasteiger partial charge in [0.15, 0.2) is 17.3 Å². The monoisotopic (exact) mass is 464 g/mol. The number of phenolic OH excluding ortho intramolecular Hbond substituents is 2. The molecule has 0 saturated carbocycles. The van der Waals surface area contributed by atoms with Gasteiger partial charge in [0.2, 0.25) is 6.29 Å². The number of ether oxygens (including phenoxy) is 4. The molecule has 11 heteroatoms. The number of Topliss-reactive ketones (excluding diaryl/α,β-unsaturated/α-hetero) is 1. The largest absolute Gasteiger partial charge is 0.507 e. The molecule has 6 unspecified atom stereocenters. The zero-order valence-corrected chi connectivity index (χ0v) is 17.5. The topological polar surface area (TPSA) is 175 Å². The maximum atomic E-state index is 12.7. The summed E-state index contributed by atoms with van der Waals surface area (Å²) in [7, 11) is 1.41. The lowest BCUT2D eigenvalue weighted by Crippen LogP contribution is -2.60. The summed E-state index contributed by atoms with van der Waals surface area (Å²) in [4.78, 5) is 12.7. The summed E-state index contributed by atoms with van der Waals surface area (Å²) >= 11 is 0. The first-order chi connectivity index (χ1) is 15.7. The minimum atomic E-state index is -1.65. The number of methoxy groups -OCH3 is 1. The fraction of sp³-hybridized carbons (Fsp3) is 0.409. The molecular formula is C22H24O11. The number of ketones is 1. The molecule has 0 radical (unpaired) electrons. The second-order valence-corrected chi connectivity index (χ2v) is 7.80. The number of fused-ring (bicyclic) bond motifs is 1. The summed E-state index contributed by atoms with van der Waals surface area (Å²) in [6.07, 6.45) is -8.35. The Bertz CT molecular complexity index is 1040. The van der Waals surface area contributed by atoms with Crippen LogP contribution >= 0.6 is 0 Å². The highest BCUT2D eigenvalue weighted by molar-refractivity contribution is 6.02. The normalized spacial score (nSPS) is 29.2. The van der Waals surface area contributed by atoms with Gasteiger partial charge in [-0.05, 0) is 17.7 Å². The lowest BCUT2D eigenvalue weighted by atomic mass is 9.95. The van der Waals surface area contributed by atoms with E-state index in [0.29, 0.717) is 5.56 Å². The molecule has 33 heavy (non-hydrogen) atoms. The number of aliphatic hydroxyl groups excluding tert-OH is 4. The standard InChI is InChI=1S/C22H24O11/c1-30-14-3-2-9(4-11(14)24)15-7-13(26)18-12(25)5-10(6-16(18)32-15)31-22-21(29)20(28)19(27)17(8-23)33-22/h2-6,15,17,19-25,27-29H,7-8H2,1H3. The summed E-state index contributed by atoms with van der Waals surface area (Å²) in [6, 6.07) is 7.01. The number of aromatic hydroxyl groups is 2. The molecule has 0 amide bonds. The smallest absolute Gasteiger partial charge is 0.229 e. The number of carbonyl (C=O) groups excluding carboxylic acids is 1. The third kappa shape index (κ3) is 4.28. The van der Waals surface area contributed by atoms with Crippen molar-refractivity contribution >= 4 is 5.78 Å². The van der Waals surface area contributed by atoms with Gasteiger partial charge in [-0.1, -0.05) is 6.07 Å².